The average molecular weight is 313 g/mol. The lowest BCUT2D eigenvalue weighted by atomic mass is 10.2. The van der Waals surface area contributed by atoms with E-state index in [1.54, 1.807) is 0 Å². The van der Waals surface area contributed by atoms with E-state index in [9.17, 15) is 4.79 Å². The molecule has 1 atom stereocenters. The van der Waals surface area contributed by atoms with Crippen LogP contribution >= 0.6 is 11.3 Å². The maximum atomic E-state index is 12.3. The number of amides is 1. The molecule has 22 heavy (non-hydrogen) atoms. The van der Waals surface area contributed by atoms with Crippen molar-refractivity contribution in [1.29, 1.82) is 0 Å². The Hall–Kier alpha value is -2.14. The second kappa shape index (κ2) is 5.93. The molecule has 0 aliphatic rings. The summed E-state index contributed by atoms with van der Waals surface area (Å²) in [6, 6.07) is 10.3. The van der Waals surface area contributed by atoms with E-state index in [0.717, 1.165) is 33.2 Å². The van der Waals surface area contributed by atoms with E-state index < -0.39 is 0 Å². The summed E-state index contributed by atoms with van der Waals surface area (Å²) in [6.07, 6.45) is 2.92. The topological polar surface area (TPSA) is 46.4 Å². The van der Waals surface area contributed by atoms with Gasteiger partial charge in [-0.2, -0.15) is 0 Å². The third kappa shape index (κ3) is 2.64. The normalized spacial score (nSPS) is 12.5. The summed E-state index contributed by atoms with van der Waals surface area (Å²) in [4.78, 5) is 18.6. The van der Waals surface area contributed by atoms with Gasteiger partial charge in [0.05, 0.1) is 5.69 Å². The lowest BCUT2D eigenvalue weighted by Crippen LogP contribution is -2.31. The minimum absolute atomic E-state index is 0.0105. The third-order valence-electron chi connectivity index (χ3n) is 3.82. The predicted molar refractivity (Wildman–Crippen MR) is 90.5 cm³/mol. The predicted octanol–water partition coefficient (Wildman–Crippen LogP) is 3.90. The van der Waals surface area contributed by atoms with E-state index in [1.165, 1.54) is 11.3 Å². The molecule has 5 heteroatoms. The molecule has 4 nitrogen and oxygen atoms in total. The van der Waals surface area contributed by atoms with Crippen LogP contribution in [-0.2, 0) is 0 Å². The molecule has 0 aliphatic carbocycles. The molecule has 0 aliphatic heterocycles. The van der Waals surface area contributed by atoms with Crippen molar-refractivity contribution in [1.82, 2.24) is 14.7 Å². The molecule has 1 amide bonds. The van der Waals surface area contributed by atoms with Crippen LogP contribution < -0.4 is 5.32 Å². The van der Waals surface area contributed by atoms with Crippen LogP contribution in [0.1, 0.15) is 35.6 Å². The molecule has 114 valence electrons. The number of carbonyl (C=O) groups excluding carboxylic acids is 1. The van der Waals surface area contributed by atoms with E-state index in [-0.39, 0.29) is 11.9 Å². The van der Waals surface area contributed by atoms with Crippen molar-refractivity contribution in [2.75, 3.05) is 0 Å². The van der Waals surface area contributed by atoms with Gasteiger partial charge < -0.3 is 5.32 Å². The van der Waals surface area contributed by atoms with Gasteiger partial charge in [0.15, 0.2) is 4.96 Å². The molecular formula is C17H19N3OS. The average Bonchev–Trinajstić information content (AvgIpc) is 3.08. The second-order valence-electron chi connectivity index (χ2n) is 5.44. The molecule has 1 aromatic carbocycles. The minimum Gasteiger partial charge on any atom is -0.349 e. The Bertz CT molecular complexity index is 804. The Kier molecular flexibility index (Phi) is 3.98. The molecule has 0 radical (unpaired) electrons. The summed E-state index contributed by atoms with van der Waals surface area (Å²) in [5.74, 6) is -0.0105. The zero-order valence-electron chi connectivity index (χ0n) is 13.0. The van der Waals surface area contributed by atoms with Crippen molar-refractivity contribution in [3.05, 3.63) is 47.1 Å². The first-order valence-corrected chi connectivity index (χ1v) is 8.26. The van der Waals surface area contributed by atoms with E-state index >= 15 is 0 Å². The zero-order chi connectivity index (χ0) is 15.7. The molecule has 1 N–H and O–H groups in total. The number of hydrogen-bond acceptors (Lipinski definition) is 3. The van der Waals surface area contributed by atoms with Gasteiger partial charge in [0.25, 0.3) is 5.91 Å². The Labute approximate surface area is 133 Å². The molecule has 0 spiro atoms. The molecule has 3 rings (SSSR count). The maximum Gasteiger partial charge on any atom is 0.263 e. The molecule has 0 saturated heterocycles. The van der Waals surface area contributed by atoms with Gasteiger partial charge in [-0.15, -0.1) is 0 Å². The van der Waals surface area contributed by atoms with Crippen LogP contribution in [0.5, 0.6) is 0 Å². The monoisotopic (exact) mass is 313 g/mol. The van der Waals surface area contributed by atoms with Crippen LogP contribution in [0.2, 0.25) is 0 Å². The highest BCUT2D eigenvalue weighted by Gasteiger charge is 2.18. The van der Waals surface area contributed by atoms with Crippen molar-refractivity contribution < 1.29 is 4.79 Å². The SMILES string of the molecule is CC[C@H](C)NC(=O)c1sc2nc(-c3ccccc3)cn2c1C. The quantitative estimate of drug-likeness (QED) is 0.794. The van der Waals surface area contributed by atoms with Gasteiger partial charge in [0.2, 0.25) is 0 Å². The standard InChI is InChI=1S/C17H19N3OS/c1-4-11(2)18-16(21)15-12(3)20-10-14(19-17(20)22-15)13-8-6-5-7-9-13/h5-11H,4H2,1-3H3,(H,18,21)/t11-/m0/s1. The largest absolute Gasteiger partial charge is 0.349 e. The van der Waals surface area contributed by atoms with E-state index in [1.807, 2.05) is 54.8 Å². The van der Waals surface area contributed by atoms with Gasteiger partial charge in [0, 0.05) is 23.5 Å². The van der Waals surface area contributed by atoms with Crippen molar-refractivity contribution >= 4 is 22.2 Å². The Morgan fingerprint density at radius 2 is 2.09 bits per heavy atom. The van der Waals surface area contributed by atoms with Gasteiger partial charge in [0.1, 0.15) is 4.88 Å². The molecule has 0 saturated carbocycles. The van der Waals surface area contributed by atoms with Crippen LogP contribution in [-0.4, -0.2) is 21.3 Å². The van der Waals surface area contributed by atoms with Gasteiger partial charge in [-0.25, -0.2) is 4.98 Å². The number of thiazole rings is 1. The van der Waals surface area contributed by atoms with Crippen molar-refractivity contribution in [3.63, 3.8) is 0 Å². The molecular weight excluding hydrogens is 294 g/mol. The first-order valence-electron chi connectivity index (χ1n) is 7.45. The lowest BCUT2D eigenvalue weighted by molar-refractivity contribution is 0.0942. The second-order valence-corrected chi connectivity index (χ2v) is 6.42. The summed E-state index contributed by atoms with van der Waals surface area (Å²) in [6.45, 7) is 6.04. The first kappa shape index (κ1) is 14.8. The number of carbonyl (C=O) groups is 1. The summed E-state index contributed by atoms with van der Waals surface area (Å²) >= 11 is 1.44. The fraction of sp³-hybridized carbons (Fsp3) is 0.294. The molecule has 2 aromatic heterocycles. The van der Waals surface area contributed by atoms with Crippen LogP contribution in [0.15, 0.2) is 36.5 Å². The number of nitrogens with zero attached hydrogens (tertiary/aromatic N) is 2. The van der Waals surface area contributed by atoms with Crippen LogP contribution in [0.3, 0.4) is 0 Å². The van der Waals surface area contributed by atoms with Crippen molar-refractivity contribution in [2.24, 2.45) is 0 Å². The highest BCUT2D eigenvalue weighted by atomic mass is 32.1. The number of aryl methyl sites for hydroxylation is 1. The van der Waals surface area contributed by atoms with Crippen molar-refractivity contribution in [3.8, 4) is 11.3 Å². The number of benzene rings is 1. The number of imidazole rings is 1. The highest BCUT2D eigenvalue weighted by Crippen LogP contribution is 2.27. The molecule has 0 bridgehead atoms. The van der Waals surface area contributed by atoms with Gasteiger partial charge >= 0.3 is 0 Å². The number of aromatic nitrogens is 2. The molecule has 0 fully saturated rings. The number of hydrogen-bond donors (Lipinski definition) is 1. The van der Waals surface area contributed by atoms with E-state index in [0.29, 0.717) is 0 Å². The van der Waals surface area contributed by atoms with E-state index in [4.69, 9.17) is 0 Å². The summed E-state index contributed by atoms with van der Waals surface area (Å²) in [5, 5.41) is 3.01. The van der Waals surface area contributed by atoms with Gasteiger partial charge in [-0.05, 0) is 20.3 Å². The van der Waals surface area contributed by atoms with Crippen LogP contribution in [0, 0.1) is 6.92 Å². The number of nitrogens with one attached hydrogen (secondary N) is 1. The third-order valence-corrected chi connectivity index (χ3v) is 4.98. The van der Waals surface area contributed by atoms with Crippen LogP contribution in [0.25, 0.3) is 16.2 Å². The zero-order valence-corrected chi connectivity index (χ0v) is 13.8. The molecule has 3 aromatic rings. The van der Waals surface area contributed by atoms with Crippen LogP contribution in [0.4, 0.5) is 0 Å². The Balaban J connectivity index is 1.95. The fourth-order valence-electron chi connectivity index (χ4n) is 2.30. The fourth-order valence-corrected chi connectivity index (χ4v) is 3.31. The summed E-state index contributed by atoms with van der Waals surface area (Å²) < 4.78 is 2.00. The summed E-state index contributed by atoms with van der Waals surface area (Å²) in [5.41, 5.74) is 2.96. The first-order chi connectivity index (χ1) is 10.6. The lowest BCUT2D eigenvalue weighted by Gasteiger charge is -2.10. The van der Waals surface area contributed by atoms with Gasteiger partial charge in [-0.3, -0.25) is 9.20 Å². The molecule has 0 unspecified atom stereocenters. The number of fused-ring (bicyclic) bond motifs is 1. The number of rotatable bonds is 4. The smallest absolute Gasteiger partial charge is 0.263 e. The Morgan fingerprint density at radius 1 is 1.36 bits per heavy atom. The summed E-state index contributed by atoms with van der Waals surface area (Å²) in [7, 11) is 0. The molecule has 2 heterocycles. The van der Waals surface area contributed by atoms with Crippen molar-refractivity contribution in [2.45, 2.75) is 33.2 Å². The van der Waals surface area contributed by atoms with Gasteiger partial charge in [-0.1, -0.05) is 48.6 Å². The maximum absolute atomic E-state index is 12.3. The van der Waals surface area contributed by atoms with E-state index in [2.05, 4.69) is 17.2 Å². The highest BCUT2D eigenvalue weighted by molar-refractivity contribution is 7.19. The Morgan fingerprint density at radius 3 is 2.73 bits per heavy atom. The minimum atomic E-state index is -0.0105.